The van der Waals surface area contributed by atoms with Crippen molar-refractivity contribution in [3.63, 3.8) is 0 Å². The minimum Gasteiger partial charge on any atom is -0.355 e. The molecular formula is C19H23F2N7O2S2. The van der Waals surface area contributed by atoms with Crippen LogP contribution in [0.15, 0.2) is 23.4 Å². The van der Waals surface area contributed by atoms with E-state index in [9.17, 15) is 17.2 Å². The summed E-state index contributed by atoms with van der Waals surface area (Å²) in [5.74, 6) is 0.677. The topological polar surface area (TPSA) is 105 Å². The highest BCUT2D eigenvalue weighted by Gasteiger charge is 2.31. The Balaban J connectivity index is 1.66. The molecule has 9 nitrogen and oxygen atoms in total. The molecule has 3 aromatic rings. The molecule has 2 aliphatic rings. The monoisotopic (exact) mass is 483 g/mol. The van der Waals surface area contributed by atoms with E-state index in [4.69, 9.17) is 0 Å². The van der Waals surface area contributed by atoms with E-state index in [2.05, 4.69) is 44.0 Å². The second-order valence-corrected chi connectivity index (χ2v) is 11.1. The number of rotatable bonds is 6. The fourth-order valence-corrected chi connectivity index (χ4v) is 6.08. The van der Waals surface area contributed by atoms with E-state index in [1.54, 1.807) is 16.8 Å². The van der Waals surface area contributed by atoms with Gasteiger partial charge in [0.05, 0.1) is 10.4 Å². The van der Waals surface area contributed by atoms with Crippen LogP contribution in [0, 0.1) is 0 Å². The SMILES string of the molecule is C[C@H]1CN(c2cc(S(=O)(=O)NC3CC3)cc3c(-c4nnc(C(F)F)s4)ncn23)C[C@H](C)N1. The summed E-state index contributed by atoms with van der Waals surface area (Å²) in [6, 6.07) is 3.55. The summed E-state index contributed by atoms with van der Waals surface area (Å²) in [6.07, 6.45) is 0.486. The van der Waals surface area contributed by atoms with Gasteiger partial charge in [0, 0.05) is 31.2 Å². The van der Waals surface area contributed by atoms with E-state index in [1.165, 1.54) is 6.07 Å². The highest BCUT2D eigenvalue weighted by Crippen LogP contribution is 2.34. The maximum atomic E-state index is 13.1. The number of nitrogens with one attached hydrogen (secondary N) is 2. The third-order valence-electron chi connectivity index (χ3n) is 5.52. The molecule has 1 aliphatic heterocycles. The molecule has 4 heterocycles. The number of piperazine rings is 1. The Hall–Kier alpha value is -2.22. The first-order valence-electron chi connectivity index (χ1n) is 10.4. The fraction of sp³-hybridized carbons (Fsp3) is 0.526. The molecule has 0 amide bonds. The summed E-state index contributed by atoms with van der Waals surface area (Å²) >= 11 is 0.753. The summed E-state index contributed by atoms with van der Waals surface area (Å²) in [7, 11) is -3.75. The van der Waals surface area contributed by atoms with Gasteiger partial charge in [-0.1, -0.05) is 11.3 Å². The average molecular weight is 484 g/mol. The van der Waals surface area contributed by atoms with Gasteiger partial charge in [-0.05, 0) is 38.8 Å². The predicted octanol–water partition coefficient (Wildman–Crippen LogP) is 2.42. The van der Waals surface area contributed by atoms with Gasteiger partial charge >= 0.3 is 0 Å². The van der Waals surface area contributed by atoms with E-state index in [-0.39, 0.29) is 28.0 Å². The first kappa shape index (κ1) is 21.6. The summed E-state index contributed by atoms with van der Waals surface area (Å²) in [6.45, 7) is 5.50. The number of imidazole rings is 1. The van der Waals surface area contributed by atoms with E-state index < -0.39 is 21.5 Å². The number of hydrogen-bond acceptors (Lipinski definition) is 8. The molecule has 1 saturated carbocycles. The lowest BCUT2D eigenvalue weighted by molar-refractivity contribution is 0.150. The molecule has 2 N–H and O–H groups in total. The molecule has 32 heavy (non-hydrogen) atoms. The molecule has 1 saturated heterocycles. The Kier molecular flexibility index (Phi) is 5.39. The molecule has 2 atom stereocenters. The number of alkyl halides is 2. The minimum absolute atomic E-state index is 0.0416. The van der Waals surface area contributed by atoms with Crippen LogP contribution in [0.4, 0.5) is 14.6 Å². The van der Waals surface area contributed by atoms with Gasteiger partial charge in [-0.25, -0.2) is 26.9 Å². The Labute approximate surface area is 187 Å². The molecular weight excluding hydrogens is 460 g/mol. The van der Waals surface area contributed by atoms with Crippen molar-refractivity contribution in [1.82, 2.24) is 29.6 Å². The molecule has 2 fully saturated rings. The summed E-state index contributed by atoms with van der Waals surface area (Å²) in [5.41, 5.74) is 0.810. The van der Waals surface area contributed by atoms with Crippen LogP contribution < -0.4 is 14.9 Å². The van der Waals surface area contributed by atoms with Gasteiger partial charge in [-0.2, -0.15) is 0 Å². The van der Waals surface area contributed by atoms with Crippen molar-refractivity contribution in [1.29, 1.82) is 0 Å². The van der Waals surface area contributed by atoms with Crippen LogP contribution in [0.1, 0.15) is 38.1 Å². The number of sulfonamides is 1. The zero-order chi connectivity index (χ0) is 22.6. The molecule has 0 aromatic carbocycles. The fourth-order valence-electron chi connectivity index (χ4n) is 4.04. The number of anilines is 1. The third kappa shape index (κ3) is 4.09. The summed E-state index contributed by atoms with van der Waals surface area (Å²) in [4.78, 5) is 6.63. The van der Waals surface area contributed by atoms with Crippen molar-refractivity contribution in [3.05, 3.63) is 23.5 Å². The average Bonchev–Trinajstić information content (AvgIpc) is 3.22. The van der Waals surface area contributed by atoms with Crippen LogP contribution in [0.2, 0.25) is 0 Å². The smallest absolute Gasteiger partial charge is 0.291 e. The lowest BCUT2D eigenvalue weighted by Crippen LogP contribution is -2.54. The van der Waals surface area contributed by atoms with Crippen molar-refractivity contribution in [3.8, 4) is 10.7 Å². The van der Waals surface area contributed by atoms with Gasteiger partial charge in [-0.3, -0.25) is 4.40 Å². The van der Waals surface area contributed by atoms with Crippen LogP contribution >= 0.6 is 11.3 Å². The predicted molar refractivity (Wildman–Crippen MR) is 117 cm³/mol. The Morgan fingerprint density at radius 3 is 2.53 bits per heavy atom. The van der Waals surface area contributed by atoms with E-state index in [1.807, 2.05) is 0 Å². The first-order chi connectivity index (χ1) is 15.2. The Morgan fingerprint density at radius 2 is 1.91 bits per heavy atom. The second kappa shape index (κ2) is 7.97. The van der Waals surface area contributed by atoms with Crippen LogP contribution in [0.5, 0.6) is 0 Å². The molecule has 0 spiro atoms. The van der Waals surface area contributed by atoms with Crippen LogP contribution in [-0.4, -0.2) is 59.2 Å². The standard InChI is InChI=1S/C19H23F2N7O2S2/c1-10-7-27(8-11(2)23-10)15-6-13(32(29,30)26-12-3-4-12)5-14-16(22-9-28(14)15)18-24-25-19(31-18)17(20)21/h5-6,9-12,17,23,26H,3-4,7-8H2,1-2H3/t10-,11-/m0/s1. The summed E-state index contributed by atoms with van der Waals surface area (Å²) < 4.78 is 56.7. The van der Waals surface area contributed by atoms with Gasteiger partial charge in [0.1, 0.15) is 17.8 Å². The minimum atomic E-state index is -3.75. The maximum Gasteiger partial charge on any atom is 0.291 e. The van der Waals surface area contributed by atoms with Gasteiger partial charge in [0.2, 0.25) is 10.0 Å². The van der Waals surface area contributed by atoms with E-state index >= 15 is 0 Å². The van der Waals surface area contributed by atoms with Crippen molar-refractivity contribution in [2.24, 2.45) is 0 Å². The van der Waals surface area contributed by atoms with Gasteiger partial charge in [-0.15, -0.1) is 10.2 Å². The van der Waals surface area contributed by atoms with Gasteiger partial charge in [0.15, 0.2) is 10.0 Å². The van der Waals surface area contributed by atoms with Crippen molar-refractivity contribution >= 4 is 32.7 Å². The van der Waals surface area contributed by atoms with E-state index in [0.29, 0.717) is 30.1 Å². The quantitative estimate of drug-likeness (QED) is 0.555. The van der Waals surface area contributed by atoms with Crippen LogP contribution in [0.25, 0.3) is 16.2 Å². The van der Waals surface area contributed by atoms with Crippen molar-refractivity contribution in [2.45, 2.75) is 56.1 Å². The molecule has 5 rings (SSSR count). The number of aromatic nitrogens is 4. The Bertz CT molecular complexity index is 1250. The number of hydrogen-bond donors (Lipinski definition) is 2. The van der Waals surface area contributed by atoms with Crippen LogP contribution in [0.3, 0.4) is 0 Å². The maximum absolute atomic E-state index is 13.1. The zero-order valence-corrected chi connectivity index (χ0v) is 19.1. The molecule has 0 bridgehead atoms. The molecule has 0 radical (unpaired) electrons. The number of nitrogens with zero attached hydrogens (tertiary/aromatic N) is 5. The Morgan fingerprint density at radius 1 is 1.19 bits per heavy atom. The highest BCUT2D eigenvalue weighted by atomic mass is 32.2. The van der Waals surface area contributed by atoms with Crippen molar-refractivity contribution < 1.29 is 17.2 Å². The van der Waals surface area contributed by atoms with Gasteiger partial charge in [0.25, 0.3) is 6.43 Å². The normalized spacial score (nSPS) is 22.2. The largest absolute Gasteiger partial charge is 0.355 e. The lowest BCUT2D eigenvalue weighted by atomic mass is 10.1. The number of fused-ring (bicyclic) bond motifs is 1. The molecule has 1 aliphatic carbocycles. The molecule has 3 aromatic heterocycles. The zero-order valence-electron chi connectivity index (χ0n) is 17.5. The van der Waals surface area contributed by atoms with Gasteiger partial charge < -0.3 is 10.2 Å². The molecule has 0 unspecified atom stereocenters. The highest BCUT2D eigenvalue weighted by molar-refractivity contribution is 7.89. The molecule has 172 valence electrons. The van der Waals surface area contributed by atoms with E-state index in [0.717, 1.165) is 24.2 Å². The first-order valence-corrected chi connectivity index (χ1v) is 12.7. The van der Waals surface area contributed by atoms with Crippen molar-refractivity contribution in [2.75, 3.05) is 18.0 Å². The summed E-state index contributed by atoms with van der Waals surface area (Å²) in [5, 5.41) is 10.7. The lowest BCUT2D eigenvalue weighted by Gasteiger charge is -2.38. The number of pyridine rings is 1. The molecule has 13 heteroatoms. The second-order valence-electron chi connectivity index (χ2n) is 8.41. The third-order valence-corrected chi connectivity index (χ3v) is 7.96. The van der Waals surface area contributed by atoms with Crippen LogP contribution in [-0.2, 0) is 10.0 Å². The number of halogens is 2.